The molecule has 0 amide bonds. The first-order valence-electron chi connectivity index (χ1n) is 6.29. The van der Waals surface area contributed by atoms with E-state index in [1.807, 2.05) is 13.0 Å². The number of alkyl halides is 3. The van der Waals surface area contributed by atoms with E-state index in [9.17, 15) is 13.2 Å². The van der Waals surface area contributed by atoms with E-state index in [0.29, 0.717) is 5.02 Å². The Bertz CT molecular complexity index is 872. The molecule has 3 aromatic rings. The van der Waals surface area contributed by atoms with E-state index in [1.165, 1.54) is 0 Å². The minimum absolute atomic E-state index is 0.0778. The normalized spacial score (nSPS) is 12.1. The molecule has 0 aliphatic carbocycles. The molecule has 0 spiro atoms. The van der Waals surface area contributed by atoms with Crippen LogP contribution in [0.25, 0.3) is 10.9 Å². The molecule has 4 nitrogen and oxygen atoms in total. The Hall–Kier alpha value is -1.51. The molecule has 2 aromatic heterocycles. The zero-order valence-electron chi connectivity index (χ0n) is 11.5. The van der Waals surface area contributed by atoms with Gasteiger partial charge in [-0.05, 0) is 30.5 Å². The molecule has 2 heterocycles. The maximum Gasteiger partial charge on any atom is 0.505 e. The van der Waals surface area contributed by atoms with Crippen molar-refractivity contribution in [3.05, 3.63) is 40.3 Å². The first-order valence-corrected chi connectivity index (χ1v) is 7.86. The van der Waals surface area contributed by atoms with Crippen LogP contribution in [-0.2, 0) is 6.30 Å². The van der Waals surface area contributed by atoms with E-state index in [1.54, 1.807) is 12.3 Å². The molecule has 2 N–H and O–H groups in total. The molecule has 10 heteroatoms. The Morgan fingerprint density at radius 1 is 1.30 bits per heavy atom. The summed E-state index contributed by atoms with van der Waals surface area (Å²) in [5.74, 6) is 0. The molecule has 0 atom stereocenters. The van der Waals surface area contributed by atoms with Crippen molar-refractivity contribution >= 4 is 51.7 Å². The monoisotopic (exact) mass is 380 g/mol. The van der Waals surface area contributed by atoms with E-state index in [0.717, 1.165) is 39.5 Å². The Morgan fingerprint density at radius 3 is 2.70 bits per heavy atom. The van der Waals surface area contributed by atoms with Gasteiger partial charge in [-0.25, -0.2) is 0 Å². The predicted octanol–water partition coefficient (Wildman–Crippen LogP) is 5.58. The first-order chi connectivity index (χ1) is 10.8. The van der Waals surface area contributed by atoms with Gasteiger partial charge in [-0.3, -0.25) is 0 Å². The summed E-state index contributed by atoms with van der Waals surface area (Å²) in [7, 11) is 0. The van der Waals surface area contributed by atoms with E-state index < -0.39 is 11.5 Å². The van der Waals surface area contributed by atoms with E-state index >= 15 is 0 Å². The lowest BCUT2D eigenvalue weighted by Gasteiger charge is -2.07. The number of H-pyrrole nitrogens is 1. The van der Waals surface area contributed by atoms with Gasteiger partial charge in [0.05, 0.1) is 16.6 Å². The van der Waals surface area contributed by atoms with Crippen molar-refractivity contribution < 1.29 is 13.2 Å². The molecule has 23 heavy (non-hydrogen) atoms. The predicted molar refractivity (Wildman–Crippen MR) is 86.1 cm³/mol. The molecule has 3 rings (SSSR count). The molecule has 0 saturated heterocycles. The van der Waals surface area contributed by atoms with E-state index in [2.05, 4.69) is 14.8 Å². The standard InChI is InChI=1S/C13H9Cl2F3N4S/c1-6-8(14)3-2-7-10(5-19-11(6)7)23-21-9-4-20-22(12(9)15)13(16,17)18/h2-5,19,21H,1H3. The van der Waals surface area contributed by atoms with Crippen molar-refractivity contribution in [2.75, 3.05) is 4.72 Å². The van der Waals surface area contributed by atoms with Crippen LogP contribution in [0.1, 0.15) is 5.56 Å². The van der Waals surface area contributed by atoms with Crippen molar-refractivity contribution in [1.82, 2.24) is 14.8 Å². The Morgan fingerprint density at radius 2 is 2.04 bits per heavy atom. The summed E-state index contributed by atoms with van der Waals surface area (Å²) < 4.78 is 40.5. The third-order valence-corrected chi connectivity index (χ3v) is 4.89. The third-order valence-electron chi connectivity index (χ3n) is 3.23. The lowest BCUT2D eigenvalue weighted by atomic mass is 10.2. The minimum Gasteiger partial charge on any atom is -0.360 e. The number of nitrogens with one attached hydrogen (secondary N) is 2. The van der Waals surface area contributed by atoms with Crippen LogP contribution in [-0.4, -0.2) is 14.8 Å². The van der Waals surface area contributed by atoms with E-state index in [4.69, 9.17) is 23.2 Å². The van der Waals surface area contributed by atoms with Crippen LogP contribution in [0.15, 0.2) is 29.4 Å². The minimum atomic E-state index is -4.66. The molecular formula is C13H9Cl2F3N4S. The number of nitrogens with zero attached hydrogens (tertiary/aromatic N) is 2. The van der Waals surface area contributed by atoms with Gasteiger partial charge in [-0.2, -0.15) is 9.78 Å². The Kier molecular flexibility index (Phi) is 4.16. The van der Waals surface area contributed by atoms with Crippen LogP contribution in [0.3, 0.4) is 0 Å². The lowest BCUT2D eigenvalue weighted by molar-refractivity contribution is -0.212. The number of anilines is 1. The molecule has 0 aliphatic rings. The fraction of sp³-hybridized carbons (Fsp3) is 0.154. The van der Waals surface area contributed by atoms with Crippen molar-refractivity contribution in [2.24, 2.45) is 0 Å². The van der Waals surface area contributed by atoms with Crippen LogP contribution in [0.2, 0.25) is 10.2 Å². The smallest absolute Gasteiger partial charge is 0.360 e. The number of aryl methyl sites for hydroxylation is 1. The van der Waals surface area contributed by atoms with Gasteiger partial charge in [-0.1, -0.05) is 29.3 Å². The summed E-state index contributed by atoms with van der Waals surface area (Å²) in [5, 5.41) is 4.25. The fourth-order valence-corrected chi connectivity index (χ4v) is 3.28. The number of rotatable bonds is 3. The second-order valence-electron chi connectivity index (χ2n) is 4.68. The fourth-order valence-electron chi connectivity index (χ4n) is 2.07. The first kappa shape index (κ1) is 16.4. The summed E-state index contributed by atoms with van der Waals surface area (Å²) in [4.78, 5) is 3.90. The highest BCUT2D eigenvalue weighted by Crippen LogP contribution is 2.36. The molecule has 0 fully saturated rings. The molecule has 0 unspecified atom stereocenters. The highest BCUT2D eigenvalue weighted by Gasteiger charge is 2.35. The second kappa shape index (κ2) is 5.85. The number of benzene rings is 1. The number of fused-ring (bicyclic) bond motifs is 1. The van der Waals surface area contributed by atoms with Crippen molar-refractivity contribution in [3.63, 3.8) is 0 Å². The maximum absolute atomic E-state index is 12.6. The van der Waals surface area contributed by atoms with Gasteiger partial charge in [0.15, 0.2) is 5.15 Å². The Balaban J connectivity index is 1.85. The van der Waals surface area contributed by atoms with Gasteiger partial charge >= 0.3 is 6.30 Å². The molecule has 1 aromatic carbocycles. The summed E-state index contributed by atoms with van der Waals surface area (Å²) >= 11 is 12.9. The third kappa shape index (κ3) is 2.98. The van der Waals surface area contributed by atoms with Gasteiger partial charge in [0, 0.05) is 16.6 Å². The number of aromatic nitrogens is 3. The quantitative estimate of drug-likeness (QED) is 0.583. The average molecular weight is 381 g/mol. The van der Waals surface area contributed by atoms with Crippen LogP contribution >= 0.6 is 35.1 Å². The largest absolute Gasteiger partial charge is 0.505 e. The number of hydrogen-bond donors (Lipinski definition) is 2. The van der Waals surface area contributed by atoms with E-state index in [-0.39, 0.29) is 10.4 Å². The lowest BCUT2D eigenvalue weighted by Crippen LogP contribution is -2.18. The van der Waals surface area contributed by atoms with Crippen LogP contribution in [0.5, 0.6) is 0 Å². The molecule has 0 aliphatic heterocycles. The SMILES string of the molecule is Cc1c(Cl)ccc2c(SNc3cnn(C(F)(F)F)c3Cl)c[nH]c12. The maximum atomic E-state index is 12.6. The summed E-state index contributed by atoms with van der Waals surface area (Å²) in [6.45, 7) is 1.88. The average Bonchev–Trinajstić information content (AvgIpc) is 3.04. The van der Waals surface area contributed by atoms with Crippen LogP contribution in [0, 0.1) is 6.92 Å². The molecule has 0 radical (unpaired) electrons. The second-order valence-corrected chi connectivity index (χ2v) is 6.29. The Labute approximate surface area is 143 Å². The zero-order valence-corrected chi connectivity index (χ0v) is 13.8. The van der Waals surface area contributed by atoms with Crippen LogP contribution in [0.4, 0.5) is 18.9 Å². The topological polar surface area (TPSA) is 45.6 Å². The highest BCUT2D eigenvalue weighted by atomic mass is 35.5. The number of halogens is 5. The van der Waals surface area contributed by atoms with Gasteiger partial charge in [0.2, 0.25) is 0 Å². The highest BCUT2D eigenvalue weighted by molar-refractivity contribution is 8.00. The molecule has 122 valence electrons. The molecular weight excluding hydrogens is 372 g/mol. The van der Waals surface area contributed by atoms with Crippen molar-refractivity contribution in [3.8, 4) is 0 Å². The van der Waals surface area contributed by atoms with Gasteiger partial charge < -0.3 is 9.71 Å². The summed E-state index contributed by atoms with van der Waals surface area (Å²) in [5.41, 5.74) is 1.85. The van der Waals surface area contributed by atoms with Crippen LogP contribution < -0.4 is 4.72 Å². The zero-order chi connectivity index (χ0) is 16.8. The van der Waals surface area contributed by atoms with Gasteiger partial charge in [-0.15, -0.1) is 13.2 Å². The van der Waals surface area contributed by atoms with Crippen molar-refractivity contribution in [1.29, 1.82) is 0 Å². The van der Waals surface area contributed by atoms with Gasteiger partial charge in [0.25, 0.3) is 0 Å². The molecule has 0 bridgehead atoms. The summed E-state index contributed by atoms with van der Waals surface area (Å²) in [6, 6.07) is 3.61. The van der Waals surface area contributed by atoms with Crippen molar-refractivity contribution in [2.45, 2.75) is 18.1 Å². The summed E-state index contributed by atoms with van der Waals surface area (Å²) in [6.07, 6.45) is -1.89. The molecule has 0 saturated carbocycles. The number of hydrogen-bond acceptors (Lipinski definition) is 3. The van der Waals surface area contributed by atoms with Gasteiger partial charge in [0.1, 0.15) is 5.69 Å². The number of aromatic amines is 1.